The molecule has 0 spiro atoms. The van der Waals surface area contributed by atoms with Crippen LogP contribution in [0.15, 0.2) is 30.0 Å². The summed E-state index contributed by atoms with van der Waals surface area (Å²) < 4.78 is 0. The van der Waals surface area contributed by atoms with Crippen molar-refractivity contribution in [3.8, 4) is 5.75 Å². The molecular weight excluding hydrogens is 228 g/mol. The number of hydrogen-bond donors (Lipinski definition) is 3. The first kappa shape index (κ1) is 12.5. The molecule has 1 aliphatic carbocycles. The minimum absolute atomic E-state index is 0.0734. The van der Waals surface area contributed by atoms with Crippen LogP contribution in [0.1, 0.15) is 31.2 Å². The van der Waals surface area contributed by atoms with Gasteiger partial charge in [-0.1, -0.05) is 11.6 Å². The standard InChI is InChI=1S/C14H18N2O2/c1-10-6-7-13(17)12(8-10)16-14(18)15-9-11-4-2-3-5-11/h6-9,17H,2-5H2,1H3,(H2,15,16,18). The van der Waals surface area contributed by atoms with Crippen LogP contribution in [0.5, 0.6) is 5.75 Å². The largest absolute Gasteiger partial charge is 0.506 e. The van der Waals surface area contributed by atoms with E-state index in [-0.39, 0.29) is 11.8 Å². The summed E-state index contributed by atoms with van der Waals surface area (Å²) in [5.41, 5.74) is 2.69. The third-order valence-corrected chi connectivity index (χ3v) is 3.05. The molecule has 0 saturated heterocycles. The maximum atomic E-state index is 11.7. The number of phenols is 1. The van der Waals surface area contributed by atoms with Crippen molar-refractivity contribution in [2.45, 2.75) is 32.6 Å². The Balaban J connectivity index is 1.94. The number of carbonyl (C=O) groups excluding carboxylic acids is 1. The van der Waals surface area contributed by atoms with E-state index in [4.69, 9.17) is 0 Å². The van der Waals surface area contributed by atoms with E-state index in [1.807, 2.05) is 6.92 Å². The van der Waals surface area contributed by atoms with E-state index in [1.54, 1.807) is 24.4 Å². The summed E-state index contributed by atoms with van der Waals surface area (Å²) in [5.74, 6) is 0.0734. The quantitative estimate of drug-likeness (QED) is 0.701. The second kappa shape index (κ2) is 5.58. The Bertz CT molecular complexity index is 473. The molecule has 96 valence electrons. The second-order valence-corrected chi connectivity index (χ2v) is 4.63. The first-order chi connectivity index (χ1) is 8.65. The van der Waals surface area contributed by atoms with Crippen molar-refractivity contribution in [3.05, 3.63) is 35.5 Å². The van der Waals surface area contributed by atoms with Crippen molar-refractivity contribution in [3.63, 3.8) is 0 Å². The molecule has 3 N–H and O–H groups in total. The number of phenolic OH excluding ortho intramolecular Hbond substituents is 1. The van der Waals surface area contributed by atoms with Crippen LogP contribution >= 0.6 is 0 Å². The van der Waals surface area contributed by atoms with Gasteiger partial charge in [0.15, 0.2) is 0 Å². The molecule has 1 aromatic rings. The molecular formula is C14H18N2O2. The van der Waals surface area contributed by atoms with E-state index in [0.29, 0.717) is 5.69 Å². The third kappa shape index (κ3) is 3.26. The van der Waals surface area contributed by atoms with Gasteiger partial charge in [0.05, 0.1) is 5.69 Å². The number of allylic oxidation sites excluding steroid dienone is 1. The molecule has 4 nitrogen and oxygen atoms in total. The number of anilines is 1. The molecule has 0 heterocycles. The Morgan fingerprint density at radius 1 is 1.33 bits per heavy atom. The molecule has 2 amide bonds. The lowest BCUT2D eigenvalue weighted by Crippen LogP contribution is -2.24. The van der Waals surface area contributed by atoms with E-state index in [9.17, 15) is 9.90 Å². The van der Waals surface area contributed by atoms with Crippen LogP contribution < -0.4 is 10.6 Å². The smallest absolute Gasteiger partial charge is 0.323 e. The van der Waals surface area contributed by atoms with Gasteiger partial charge in [0.2, 0.25) is 0 Å². The maximum absolute atomic E-state index is 11.7. The van der Waals surface area contributed by atoms with E-state index < -0.39 is 0 Å². The first-order valence-corrected chi connectivity index (χ1v) is 6.20. The van der Waals surface area contributed by atoms with Crippen LogP contribution in [-0.4, -0.2) is 11.1 Å². The van der Waals surface area contributed by atoms with Crippen molar-refractivity contribution in [1.82, 2.24) is 5.32 Å². The first-order valence-electron chi connectivity index (χ1n) is 6.20. The summed E-state index contributed by atoms with van der Waals surface area (Å²) in [6.07, 6.45) is 6.31. The number of aryl methyl sites for hydroxylation is 1. The third-order valence-electron chi connectivity index (χ3n) is 3.05. The fraction of sp³-hybridized carbons (Fsp3) is 0.357. The average Bonchev–Trinajstić information content (AvgIpc) is 2.84. The Morgan fingerprint density at radius 3 is 2.78 bits per heavy atom. The summed E-state index contributed by atoms with van der Waals surface area (Å²) in [6.45, 7) is 1.91. The highest BCUT2D eigenvalue weighted by molar-refractivity contribution is 5.91. The fourth-order valence-corrected chi connectivity index (χ4v) is 2.05. The molecule has 4 heteroatoms. The molecule has 1 aromatic carbocycles. The van der Waals surface area contributed by atoms with E-state index in [1.165, 1.54) is 18.4 Å². The summed E-state index contributed by atoms with van der Waals surface area (Å²) >= 11 is 0. The van der Waals surface area contributed by atoms with E-state index in [0.717, 1.165) is 18.4 Å². The van der Waals surface area contributed by atoms with Crippen molar-refractivity contribution >= 4 is 11.7 Å². The zero-order valence-electron chi connectivity index (χ0n) is 10.5. The van der Waals surface area contributed by atoms with E-state index in [2.05, 4.69) is 10.6 Å². The normalized spacial score (nSPS) is 14.4. The number of hydrogen-bond acceptors (Lipinski definition) is 2. The molecule has 1 aliphatic rings. The van der Waals surface area contributed by atoms with Crippen LogP contribution in [0.3, 0.4) is 0 Å². The molecule has 0 atom stereocenters. The topological polar surface area (TPSA) is 61.4 Å². The minimum Gasteiger partial charge on any atom is -0.506 e. The molecule has 0 unspecified atom stereocenters. The number of benzene rings is 1. The fourth-order valence-electron chi connectivity index (χ4n) is 2.05. The van der Waals surface area contributed by atoms with Gasteiger partial charge < -0.3 is 15.7 Å². The highest BCUT2D eigenvalue weighted by atomic mass is 16.3. The highest BCUT2D eigenvalue weighted by Gasteiger charge is 2.08. The second-order valence-electron chi connectivity index (χ2n) is 4.63. The maximum Gasteiger partial charge on any atom is 0.323 e. The lowest BCUT2D eigenvalue weighted by molar-refractivity contribution is 0.255. The SMILES string of the molecule is Cc1ccc(O)c(NC(=O)NC=C2CCCC2)c1. The monoisotopic (exact) mass is 246 g/mol. The van der Waals surface area contributed by atoms with E-state index >= 15 is 0 Å². The van der Waals surface area contributed by atoms with Crippen LogP contribution in [-0.2, 0) is 0 Å². The minimum atomic E-state index is -0.324. The van der Waals surface area contributed by atoms with Gasteiger partial charge in [0.1, 0.15) is 5.75 Å². The summed E-state index contributed by atoms with van der Waals surface area (Å²) in [4.78, 5) is 11.7. The Hall–Kier alpha value is -1.97. The summed E-state index contributed by atoms with van der Waals surface area (Å²) in [6, 6.07) is 4.77. The molecule has 0 aliphatic heterocycles. The molecule has 18 heavy (non-hydrogen) atoms. The van der Waals surface area contributed by atoms with Gasteiger partial charge in [-0.25, -0.2) is 4.79 Å². The van der Waals surface area contributed by atoms with Crippen LogP contribution in [0, 0.1) is 6.92 Å². The highest BCUT2D eigenvalue weighted by Crippen LogP contribution is 2.24. The van der Waals surface area contributed by atoms with Gasteiger partial charge in [0.25, 0.3) is 0 Å². The van der Waals surface area contributed by atoms with Crippen LogP contribution in [0.25, 0.3) is 0 Å². The average molecular weight is 246 g/mol. The molecule has 1 saturated carbocycles. The van der Waals surface area contributed by atoms with Gasteiger partial charge in [-0.15, -0.1) is 0 Å². The van der Waals surface area contributed by atoms with Crippen molar-refractivity contribution in [2.24, 2.45) is 0 Å². The molecule has 0 radical (unpaired) electrons. The molecule has 0 bridgehead atoms. The number of amides is 2. The summed E-state index contributed by atoms with van der Waals surface area (Å²) in [5, 5.41) is 14.9. The Labute approximate surface area is 107 Å². The number of carbonyl (C=O) groups is 1. The van der Waals surface area contributed by atoms with Gasteiger partial charge in [0, 0.05) is 6.20 Å². The summed E-state index contributed by atoms with van der Waals surface area (Å²) in [7, 11) is 0. The Morgan fingerprint density at radius 2 is 2.06 bits per heavy atom. The predicted octanol–water partition coefficient (Wildman–Crippen LogP) is 3.28. The number of nitrogens with one attached hydrogen (secondary N) is 2. The zero-order chi connectivity index (χ0) is 13.0. The molecule has 1 fully saturated rings. The lowest BCUT2D eigenvalue weighted by atomic mass is 10.2. The predicted molar refractivity (Wildman–Crippen MR) is 71.5 cm³/mol. The number of urea groups is 1. The Kier molecular flexibility index (Phi) is 3.87. The molecule has 2 rings (SSSR count). The lowest BCUT2D eigenvalue weighted by Gasteiger charge is -2.08. The van der Waals surface area contributed by atoms with Crippen LogP contribution in [0.4, 0.5) is 10.5 Å². The van der Waals surface area contributed by atoms with Crippen molar-refractivity contribution < 1.29 is 9.90 Å². The number of rotatable bonds is 2. The number of aromatic hydroxyl groups is 1. The van der Waals surface area contributed by atoms with Crippen LogP contribution in [0.2, 0.25) is 0 Å². The van der Waals surface area contributed by atoms with Gasteiger partial charge >= 0.3 is 6.03 Å². The van der Waals surface area contributed by atoms with Gasteiger partial charge in [-0.2, -0.15) is 0 Å². The zero-order valence-corrected chi connectivity index (χ0v) is 10.5. The van der Waals surface area contributed by atoms with Crippen molar-refractivity contribution in [2.75, 3.05) is 5.32 Å². The van der Waals surface area contributed by atoms with Crippen molar-refractivity contribution in [1.29, 1.82) is 0 Å². The molecule has 0 aromatic heterocycles. The van der Waals surface area contributed by atoms with Gasteiger partial charge in [-0.05, 0) is 50.3 Å². The van der Waals surface area contributed by atoms with Gasteiger partial charge in [-0.3, -0.25) is 0 Å².